The average molecular weight is 409 g/mol. The lowest BCUT2D eigenvalue weighted by Crippen LogP contribution is -2.17. The first-order chi connectivity index (χ1) is 13.0. The summed E-state index contributed by atoms with van der Waals surface area (Å²) in [5.74, 6) is 0.915. The van der Waals surface area contributed by atoms with Gasteiger partial charge in [-0.3, -0.25) is 4.79 Å². The standard InChI is InChI=1S/C19H18Cl2N2O4/c1-4-7-27-16-6-5-13(10-17(16)25-2)19(24)23-22-11-12-8-14(20)18(26-3)15(21)9-12/h4-6,8-11H,1,7H2,2-3H3,(H,23,24)/b22-11+. The normalized spacial score (nSPS) is 10.5. The van der Waals surface area contributed by atoms with Crippen LogP contribution in [0.15, 0.2) is 48.1 Å². The quantitative estimate of drug-likeness (QED) is 0.400. The molecule has 0 fully saturated rings. The second-order valence-electron chi connectivity index (χ2n) is 5.18. The lowest BCUT2D eigenvalue weighted by molar-refractivity contribution is 0.0954. The van der Waals surface area contributed by atoms with Gasteiger partial charge in [0.25, 0.3) is 5.91 Å². The Bertz CT molecular complexity index is 846. The monoisotopic (exact) mass is 408 g/mol. The molecule has 0 aromatic heterocycles. The highest BCUT2D eigenvalue weighted by atomic mass is 35.5. The van der Waals surface area contributed by atoms with Crippen molar-refractivity contribution in [3.05, 3.63) is 64.2 Å². The number of amides is 1. The van der Waals surface area contributed by atoms with Gasteiger partial charge in [0.2, 0.25) is 0 Å². The molecule has 1 N–H and O–H groups in total. The summed E-state index contributed by atoms with van der Waals surface area (Å²) in [5, 5.41) is 4.61. The van der Waals surface area contributed by atoms with E-state index in [0.29, 0.717) is 45.0 Å². The van der Waals surface area contributed by atoms with Crippen molar-refractivity contribution in [2.75, 3.05) is 20.8 Å². The number of nitrogens with one attached hydrogen (secondary N) is 1. The number of hydrazone groups is 1. The third kappa shape index (κ3) is 5.39. The van der Waals surface area contributed by atoms with Gasteiger partial charge in [-0.1, -0.05) is 35.9 Å². The molecule has 0 aliphatic rings. The van der Waals surface area contributed by atoms with E-state index in [2.05, 4.69) is 17.1 Å². The maximum atomic E-state index is 12.3. The Morgan fingerprint density at radius 2 is 1.85 bits per heavy atom. The number of methoxy groups -OCH3 is 2. The molecule has 0 bridgehead atoms. The summed E-state index contributed by atoms with van der Waals surface area (Å²) in [4.78, 5) is 12.3. The third-order valence-electron chi connectivity index (χ3n) is 3.39. The Balaban J connectivity index is 2.09. The predicted octanol–water partition coefficient (Wildman–Crippen LogP) is 4.34. The van der Waals surface area contributed by atoms with Gasteiger partial charge in [0.05, 0.1) is 30.5 Å². The minimum absolute atomic E-state index is 0.333. The molecule has 142 valence electrons. The molecule has 0 radical (unpaired) electrons. The number of nitrogens with zero attached hydrogens (tertiary/aromatic N) is 1. The Kier molecular flexibility index (Phi) is 7.52. The van der Waals surface area contributed by atoms with Crippen molar-refractivity contribution in [3.63, 3.8) is 0 Å². The summed E-state index contributed by atoms with van der Waals surface area (Å²) in [6.07, 6.45) is 3.04. The molecule has 2 aromatic carbocycles. The van der Waals surface area contributed by atoms with Gasteiger partial charge in [0.15, 0.2) is 17.2 Å². The predicted molar refractivity (Wildman–Crippen MR) is 107 cm³/mol. The fourth-order valence-corrected chi connectivity index (χ4v) is 2.81. The van der Waals surface area contributed by atoms with Crippen LogP contribution in [0.25, 0.3) is 0 Å². The average Bonchev–Trinajstić information content (AvgIpc) is 2.66. The van der Waals surface area contributed by atoms with E-state index in [4.69, 9.17) is 37.4 Å². The first-order valence-electron chi connectivity index (χ1n) is 7.78. The third-order valence-corrected chi connectivity index (χ3v) is 3.95. The van der Waals surface area contributed by atoms with E-state index in [1.807, 2.05) is 0 Å². The number of halogens is 2. The number of rotatable bonds is 8. The molecule has 0 spiro atoms. The van der Waals surface area contributed by atoms with Crippen molar-refractivity contribution >= 4 is 35.3 Å². The highest BCUT2D eigenvalue weighted by Crippen LogP contribution is 2.33. The van der Waals surface area contributed by atoms with Crippen LogP contribution in [0.3, 0.4) is 0 Å². The second kappa shape index (κ2) is 9.85. The summed E-state index contributed by atoms with van der Waals surface area (Å²) in [5.41, 5.74) is 3.40. The zero-order valence-electron chi connectivity index (χ0n) is 14.8. The summed E-state index contributed by atoms with van der Waals surface area (Å²) in [6, 6.07) is 8.05. The molecule has 0 saturated heterocycles. The highest BCUT2D eigenvalue weighted by Gasteiger charge is 2.11. The Labute approximate surface area is 167 Å². The first kappa shape index (κ1) is 20.6. The smallest absolute Gasteiger partial charge is 0.271 e. The molecule has 2 aromatic rings. The summed E-state index contributed by atoms with van der Waals surface area (Å²) < 4.78 is 15.8. The molecule has 27 heavy (non-hydrogen) atoms. The zero-order valence-corrected chi connectivity index (χ0v) is 16.3. The molecule has 2 rings (SSSR count). The van der Waals surface area contributed by atoms with Gasteiger partial charge in [-0.05, 0) is 35.9 Å². The number of carbonyl (C=O) groups excluding carboxylic acids is 1. The molecule has 0 heterocycles. The number of benzene rings is 2. The maximum absolute atomic E-state index is 12.3. The lowest BCUT2D eigenvalue weighted by atomic mass is 10.2. The number of ether oxygens (including phenoxy) is 3. The van der Waals surface area contributed by atoms with Gasteiger partial charge in [0, 0.05) is 5.56 Å². The second-order valence-corrected chi connectivity index (χ2v) is 6.00. The molecule has 0 aliphatic carbocycles. The van der Waals surface area contributed by atoms with Gasteiger partial charge in [-0.15, -0.1) is 0 Å². The summed E-state index contributed by atoms with van der Waals surface area (Å²) in [6.45, 7) is 3.92. The van der Waals surface area contributed by atoms with Gasteiger partial charge in [-0.25, -0.2) is 5.43 Å². The van der Waals surface area contributed by atoms with Crippen LogP contribution in [0, 0.1) is 0 Å². The zero-order chi connectivity index (χ0) is 19.8. The van der Waals surface area contributed by atoms with Crippen LogP contribution in [0.2, 0.25) is 10.0 Å². The van der Waals surface area contributed by atoms with E-state index in [-0.39, 0.29) is 0 Å². The van der Waals surface area contributed by atoms with Crippen LogP contribution in [0.4, 0.5) is 0 Å². The van der Waals surface area contributed by atoms with E-state index in [0.717, 1.165) is 0 Å². The van der Waals surface area contributed by atoms with E-state index < -0.39 is 5.91 Å². The summed E-state index contributed by atoms with van der Waals surface area (Å²) >= 11 is 12.1. The molecule has 0 saturated carbocycles. The maximum Gasteiger partial charge on any atom is 0.271 e. The van der Waals surface area contributed by atoms with Crippen LogP contribution in [-0.4, -0.2) is 32.9 Å². The van der Waals surface area contributed by atoms with Gasteiger partial charge < -0.3 is 14.2 Å². The van der Waals surface area contributed by atoms with Crippen LogP contribution in [0.1, 0.15) is 15.9 Å². The minimum Gasteiger partial charge on any atom is -0.494 e. The van der Waals surface area contributed by atoms with E-state index in [1.54, 1.807) is 36.4 Å². The van der Waals surface area contributed by atoms with Gasteiger partial charge >= 0.3 is 0 Å². The molecular formula is C19H18Cl2N2O4. The molecule has 0 unspecified atom stereocenters. The number of carbonyl (C=O) groups is 1. The molecule has 6 nitrogen and oxygen atoms in total. The van der Waals surface area contributed by atoms with E-state index >= 15 is 0 Å². The van der Waals surface area contributed by atoms with Crippen LogP contribution in [-0.2, 0) is 0 Å². The SMILES string of the molecule is C=CCOc1ccc(C(=O)N/N=C/c2cc(Cl)c(OC)c(Cl)c2)cc1OC. The highest BCUT2D eigenvalue weighted by molar-refractivity contribution is 6.37. The van der Waals surface area contributed by atoms with Crippen molar-refractivity contribution in [2.24, 2.45) is 5.10 Å². The van der Waals surface area contributed by atoms with Crippen molar-refractivity contribution in [1.29, 1.82) is 0 Å². The largest absolute Gasteiger partial charge is 0.494 e. The van der Waals surface area contributed by atoms with E-state index in [9.17, 15) is 4.79 Å². The van der Waals surface area contributed by atoms with Gasteiger partial charge in [-0.2, -0.15) is 5.10 Å². The fourth-order valence-electron chi connectivity index (χ4n) is 2.16. The molecule has 0 atom stereocenters. The lowest BCUT2D eigenvalue weighted by Gasteiger charge is -2.10. The number of hydrogen-bond acceptors (Lipinski definition) is 5. The Morgan fingerprint density at radius 3 is 2.44 bits per heavy atom. The molecular weight excluding hydrogens is 391 g/mol. The molecule has 8 heteroatoms. The van der Waals surface area contributed by atoms with Crippen LogP contribution < -0.4 is 19.6 Å². The molecule has 1 amide bonds. The fraction of sp³-hybridized carbons (Fsp3) is 0.158. The van der Waals surface area contributed by atoms with Crippen molar-refractivity contribution < 1.29 is 19.0 Å². The topological polar surface area (TPSA) is 69.2 Å². The van der Waals surface area contributed by atoms with Crippen molar-refractivity contribution in [1.82, 2.24) is 5.43 Å². The molecule has 0 aliphatic heterocycles. The summed E-state index contributed by atoms with van der Waals surface area (Å²) in [7, 11) is 2.97. The Morgan fingerprint density at radius 1 is 1.15 bits per heavy atom. The first-order valence-corrected chi connectivity index (χ1v) is 8.54. The van der Waals surface area contributed by atoms with Gasteiger partial charge in [0.1, 0.15) is 6.61 Å². The Hall–Kier alpha value is -2.70. The number of hydrogen-bond donors (Lipinski definition) is 1. The van der Waals surface area contributed by atoms with E-state index in [1.165, 1.54) is 20.4 Å². The van der Waals surface area contributed by atoms with Crippen LogP contribution in [0.5, 0.6) is 17.2 Å². The van der Waals surface area contributed by atoms with Crippen molar-refractivity contribution in [2.45, 2.75) is 0 Å². The van der Waals surface area contributed by atoms with Crippen LogP contribution >= 0.6 is 23.2 Å². The van der Waals surface area contributed by atoms with Crippen molar-refractivity contribution in [3.8, 4) is 17.2 Å². The minimum atomic E-state index is -0.412.